The lowest BCUT2D eigenvalue weighted by Crippen LogP contribution is -2.62. The molecule has 1 spiro atoms. The minimum atomic E-state index is -0.174. The summed E-state index contributed by atoms with van der Waals surface area (Å²) >= 11 is 0. The van der Waals surface area contributed by atoms with Gasteiger partial charge in [0.2, 0.25) is 0 Å². The van der Waals surface area contributed by atoms with Crippen LogP contribution in [0.3, 0.4) is 0 Å². The molecule has 32 heavy (non-hydrogen) atoms. The zero-order valence-electron chi connectivity index (χ0n) is 19.6. The highest BCUT2D eigenvalue weighted by molar-refractivity contribution is 5.52. The third-order valence-corrected chi connectivity index (χ3v) is 9.18. The Bertz CT molecular complexity index is 1020. The molecule has 2 aromatic rings. The number of ether oxygens (including phenoxy) is 2. The minimum absolute atomic E-state index is 0.0483. The Balaban J connectivity index is 1.38. The summed E-state index contributed by atoms with van der Waals surface area (Å²) in [7, 11) is 3.46. The monoisotopic (exact) mass is 434 g/mol. The number of hydroxylamine groups is 2. The molecule has 5 nitrogen and oxygen atoms in total. The van der Waals surface area contributed by atoms with Crippen LogP contribution >= 0.6 is 0 Å². The first-order chi connectivity index (χ1) is 15.4. The molecule has 2 aromatic carbocycles. The third-order valence-electron chi connectivity index (χ3n) is 9.18. The first-order valence-electron chi connectivity index (χ1n) is 11.9. The van der Waals surface area contributed by atoms with Crippen molar-refractivity contribution in [2.45, 2.75) is 50.7 Å². The van der Waals surface area contributed by atoms with E-state index in [0.29, 0.717) is 11.3 Å². The number of hydrogen-bond donors (Lipinski definition) is 0. The highest BCUT2D eigenvalue weighted by atomic mass is 16.7. The molecule has 3 aliphatic carbocycles. The van der Waals surface area contributed by atoms with Gasteiger partial charge >= 0.3 is 0 Å². The van der Waals surface area contributed by atoms with E-state index in [-0.39, 0.29) is 11.1 Å². The molecule has 5 fully saturated rings. The molecule has 0 amide bonds. The Morgan fingerprint density at radius 1 is 1.00 bits per heavy atom. The summed E-state index contributed by atoms with van der Waals surface area (Å²) in [4.78, 5) is 9.49. The standard InChI is InChI=1S/C27H34N2O3/c1-25(2)19-12-13-27(24(25)15-19)16-26(20-6-5-7-23(14-20)31-4)17-28(18-29(26)32-27)21-8-10-22(30-3)11-9-21/h5-11,14,19,24H,12-13,15-18H2,1-4H3/t19-,24-,26-,27-/m0/s1. The lowest BCUT2D eigenvalue weighted by atomic mass is 9.43. The Hall–Kier alpha value is -2.24. The van der Waals surface area contributed by atoms with Crippen LogP contribution in [-0.2, 0) is 10.4 Å². The van der Waals surface area contributed by atoms with E-state index in [0.717, 1.165) is 37.1 Å². The quantitative estimate of drug-likeness (QED) is 0.660. The van der Waals surface area contributed by atoms with Crippen LogP contribution in [0.1, 0.15) is 45.1 Å². The van der Waals surface area contributed by atoms with Gasteiger partial charge in [0.15, 0.2) is 0 Å². The number of fused-ring (bicyclic) bond motifs is 2. The van der Waals surface area contributed by atoms with Crippen LogP contribution in [0.4, 0.5) is 5.69 Å². The molecule has 5 heteroatoms. The molecule has 2 aliphatic heterocycles. The number of rotatable bonds is 4. The number of hydrogen-bond acceptors (Lipinski definition) is 5. The van der Waals surface area contributed by atoms with E-state index in [2.05, 4.69) is 54.1 Å². The van der Waals surface area contributed by atoms with E-state index in [1.807, 2.05) is 18.2 Å². The highest BCUT2D eigenvalue weighted by Gasteiger charge is 2.69. The van der Waals surface area contributed by atoms with Crippen LogP contribution in [0.2, 0.25) is 0 Å². The summed E-state index contributed by atoms with van der Waals surface area (Å²) in [5.41, 5.74) is 2.65. The SMILES string of the molecule is COc1ccc(N2CN3O[C@@]4(CC[C@H]5C[C@H]4C5(C)C)C[C@@]3(c3cccc(OC)c3)C2)cc1. The average Bonchev–Trinajstić information content (AvgIpc) is 3.31. The van der Waals surface area contributed by atoms with Crippen LogP contribution < -0.4 is 14.4 Å². The maximum Gasteiger partial charge on any atom is 0.119 e. The maximum absolute atomic E-state index is 7.05. The summed E-state index contributed by atoms with van der Waals surface area (Å²) in [5, 5.41) is 2.31. The molecule has 3 saturated carbocycles. The third kappa shape index (κ3) is 2.70. The second kappa shape index (κ2) is 6.88. The zero-order chi connectivity index (χ0) is 22.1. The van der Waals surface area contributed by atoms with Gasteiger partial charge in [-0.15, -0.1) is 0 Å². The summed E-state index contributed by atoms with van der Waals surface area (Å²) in [6.07, 6.45) is 4.82. The van der Waals surface area contributed by atoms with Gasteiger partial charge < -0.3 is 14.4 Å². The van der Waals surface area contributed by atoms with E-state index in [9.17, 15) is 0 Å². The normalized spacial score (nSPS) is 34.9. The van der Waals surface area contributed by atoms with Crippen molar-refractivity contribution in [2.75, 3.05) is 32.3 Å². The predicted octanol–water partition coefficient (Wildman–Crippen LogP) is 5.21. The summed E-state index contributed by atoms with van der Waals surface area (Å²) in [5.74, 6) is 3.29. The van der Waals surface area contributed by atoms with Crippen molar-refractivity contribution in [2.24, 2.45) is 17.3 Å². The van der Waals surface area contributed by atoms with E-state index in [1.165, 1.54) is 30.5 Å². The van der Waals surface area contributed by atoms with Gasteiger partial charge in [0, 0.05) is 18.7 Å². The molecule has 0 aromatic heterocycles. The van der Waals surface area contributed by atoms with Crippen LogP contribution in [0.5, 0.6) is 11.5 Å². The fraction of sp³-hybridized carbons (Fsp3) is 0.556. The maximum atomic E-state index is 7.05. The van der Waals surface area contributed by atoms with Crippen LogP contribution in [-0.4, -0.2) is 38.1 Å². The summed E-state index contributed by atoms with van der Waals surface area (Å²) in [6, 6.07) is 17.0. The van der Waals surface area contributed by atoms with Gasteiger partial charge in [-0.1, -0.05) is 26.0 Å². The lowest BCUT2D eigenvalue weighted by molar-refractivity contribution is -0.285. The van der Waals surface area contributed by atoms with Crippen LogP contribution in [0.15, 0.2) is 48.5 Å². The molecule has 5 aliphatic rings. The topological polar surface area (TPSA) is 34.2 Å². The zero-order valence-corrected chi connectivity index (χ0v) is 19.6. The molecule has 4 atom stereocenters. The second-order valence-corrected chi connectivity index (χ2v) is 10.9. The Morgan fingerprint density at radius 3 is 2.47 bits per heavy atom. The summed E-state index contributed by atoms with van der Waals surface area (Å²) in [6.45, 7) is 6.59. The van der Waals surface area contributed by atoms with Crippen molar-refractivity contribution in [3.63, 3.8) is 0 Å². The number of methoxy groups -OCH3 is 2. The molecule has 0 unspecified atom stereocenters. The van der Waals surface area contributed by atoms with Crippen LogP contribution in [0, 0.1) is 17.3 Å². The van der Waals surface area contributed by atoms with E-state index >= 15 is 0 Å². The smallest absolute Gasteiger partial charge is 0.119 e. The fourth-order valence-corrected chi connectivity index (χ4v) is 7.27. The lowest BCUT2D eigenvalue weighted by Gasteiger charge is -2.63. The first-order valence-corrected chi connectivity index (χ1v) is 11.9. The largest absolute Gasteiger partial charge is 0.497 e. The summed E-state index contributed by atoms with van der Waals surface area (Å²) < 4.78 is 11.0. The van der Waals surface area contributed by atoms with Crippen molar-refractivity contribution in [3.05, 3.63) is 54.1 Å². The Morgan fingerprint density at radius 2 is 1.78 bits per heavy atom. The van der Waals surface area contributed by atoms with Gasteiger partial charge in [-0.3, -0.25) is 4.84 Å². The van der Waals surface area contributed by atoms with Crippen molar-refractivity contribution < 1.29 is 14.3 Å². The predicted molar refractivity (Wildman–Crippen MR) is 125 cm³/mol. The average molecular weight is 435 g/mol. The molecule has 2 heterocycles. The molecule has 170 valence electrons. The molecule has 2 saturated heterocycles. The molecular weight excluding hydrogens is 400 g/mol. The van der Waals surface area contributed by atoms with Crippen LogP contribution in [0.25, 0.3) is 0 Å². The molecule has 0 radical (unpaired) electrons. The van der Waals surface area contributed by atoms with E-state index in [4.69, 9.17) is 14.3 Å². The van der Waals surface area contributed by atoms with Crippen molar-refractivity contribution in [1.29, 1.82) is 0 Å². The molecule has 7 rings (SSSR count). The highest BCUT2D eigenvalue weighted by Crippen LogP contribution is 2.69. The van der Waals surface area contributed by atoms with Gasteiger partial charge in [0.25, 0.3) is 0 Å². The number of nitrogens with zero attached hydrogens (tertiary/aromatic N) is 2. The number of benzene rings is 2. The molecular formula is C27H34N2O3. The van der Waals surface area contributed by atoms with E-state index < -0.39 is 0 Å². The Labute approximate surface area is 191 Å². The van der Waals surface area contributed by atoms with Crippen molar-refractivity contribution in [3.8, 4) is 11.5 Å². The van der Waals surface area contributed by atoms with Gasteiger partial charge in [0.1, 0.15) is 11.5 Å². The first kappa shape index (κ1) is 20.4. The van der Waals surface area contributed by atoms with Crippen molar-refractivity contribution in [1.82, 2.24) is 5.06 Å². The fourth-order valence-electron chi connectivity index (χ4n) is 7.27. The molecule has 2 bridgehead atoms. The molecule has 0 N–H and O–H groups in total. The second-order valence-electron chi connectivity index (χ2n) is 10.9. The minimum Gasteiger partial charge on any atom is -0.497 e. The number of anilines is 1. The Kier molecular flexibility index (Phi) is 4.38. The van der Waals surface area contributed by atoms with Gasteiger partial charge in [-0.2, -0.15) is 5.06 Å². The van der Waals surface area contributed by atoms with Gasteiger partial charge in [-0.05, 0) is 78.5 Å². The van der Waals surface area contributed by atoms with Crippen molar-refractivity contribution >= 4 is 5.69 Å². The van der Waals surface area contributed by atoms with E-state index in [1.54, 1.807) is 14.2 Å². The van der Waals surface area contributed by atoms with Gasteiger partial charge in [0.05, 0.1) is 32.0 Å². The van der Waals surface area contributed by atoms with Gasteiger partial charge in [-0.25, -0.2) is 0 Å².